The maximum Gasteiger partial charge on any atom is 0.242 e. The molecule has 1 heterocycles. The fourth-order valence-electron chi connectivity index (χ4n) is 2.75. The van der Waals surface area contributed by atoms with Crippen molar-refractivity contribution in [2.75, 3.05) is 19.6 Å². The monoisotopic (exact) mass is 289 g/mol. The first-order chi connectivity index (χ1) is 8.66. The smallest absolute Gasteiger partial charge is 0.242 e. The van der Waals surface area contributed by atoms with E-state index in [9.17, 15) is 9.59 Å². The van der Waals surface area contributed by atoms with Gasteiger partial charge in [-0.2, -0.15) is 0 Å². The van der Waals surface area contributed by atoms with Gasteiger partial charge in [-0.1, -0.05) is 12.8 Å². The molecule has 2 aliphatic rings. The predicted molar refractivity (Wildman–Crippen MR) is 76.2 cm³/mol. The first kappa shape index (κ1) is 16.2. The summed E-state index contributed by atoms with van der Waals surface area (Å²) in [6, 6.07) is -0.335. The molecular weight excluding hydrogens is 266 g/mol. The molecule has 0 aromatic carbocycles. The van der Waals surface area contributed by atoms with Crippen molar-refractivity contribution in [2.45, 2.75) is 38.6 Å². The van der Waals surface area contributed by atoms with E-state index in [4.69, 9.17) is 0 Å². The lowest BCUT2D eigenvalue weighted by Gasteiger charge is -2.29. The highest BCUT2D eigenvalue weighted by Gasteiger charge is 2.31. The molecule has 6 heteroatoms. The van der Waals surface area contributed by atoms with E-state index in [0.29, 0.717) is 18.4 Å². The summed E-state index contributed by atoms with van der Waals surface area (Å²) in [6.07, 6.45) is 4.42. The normalized spacial score (nSPS) is 21.1. The van der Waals surface area contributed by atoms with Gasteiger partial charge >= 0.3 is 0 Å². The van der Waals surface area contributed by atoms with Crippen molar-refractivity contribution in [3.63, 3.8) is 0 Å². The molecule has 1 aliphatic carbocycles. The Balaban J connectivity index is 0.00000180. The predicted octanol–water partition coefficient (Wildman–Crippen LogP) is 0.439. The molecule has 1 aliphatic heterocycles. The van der Waals surface area contributed by atoms with E-state index < -0.39 is 0 Å². The molecule has 1 unspecified atom stereocenters. The van der Waals surface area contributed by atoms with Gasteiger partial charge in [-0.3, -0.25) is 9.59 Å². The summed E-state index contributed by atoms with van der Waals surface area (Å²) in [4.78, 5) is 23.4. The van der Waals surface area contributed by atoms with Gasteiger partial charge in [0.2, 0.25) is 11.8 Å². The summed E-state index contributed by atoms with van der Waals surface area (Å²) in [5.41, 5.74) is 0. The molecule has 1 saturated carbocycles. The second kappa shape index (κ2) is 7.70. The summed E-state index contributed by atoms with van der Waals surface area (Å²) >= 11 is 0. The van der Waals surface area contributed by atoms with E-state index in [1.807, 2.05) is 0 Å². The van der Waals surface area contributed by atoms with Gasteiger partial charge in [-0.15, -0.1) is 12.4 Å². The van der Waals surface area contributed by atoms with Crippen molar-refractivity contribution in [1.82, 2.24) is 16.0 Å². The number of hydrogen-bond donors (Lipinski definition) is 3. The van der Waals surface area contributed by atoms with Gasteiger partial charge in [0.1, 0.15) is 6.04 Å². The van der Waals surface area contributed by atoms with Crippen molar-refractivity contribution in [1.29, 1.82) is 0 Å². The Labute approximate surface area is 120 Å². The Bertz CT molecular complexity index is 315. The van der Waals surface area contributed by atoms with E-state index in [1.54, 1.807) is 0 Å². The minimum atomic E-state index is -0.335. The molecule has 2 amide bonds. The Hall–Kier alpha value is -0.810. The summed E-state index contributed by atoms with van der Waals surface area (Å²) in [7, 11) is 0. The van der Waals surface area contributed by atoms with Crippen LogP contribution in [-0.4, -0.2) is 37.5 Å². The SMILES string of the molecule is CC(=O)NC(C(=O)NCC1CNC1)C1CCCC1.Cl. The standard InChI is InChI=1S/C13H23N3O2.ClH/c1-9(17)16-12(11-4-2-3-5-11)13(18)15-8-10-6-14-7-10;/h10-12,14H,2-8H2,1H3,(H,15,18)(H,16,17);1H. The zero-order chi connectivity index (χ0) is 13.0. The molecule has 19 heavy (non-hydrogen) atoms. The van der Waals surface area contributed by atoms with Gasteiger partial charge in [0.25, 0.3) is 0 Å². The van der Waals surface area contributed by atoms with E-state index in [1.165, 1.54) is 19.8 Å². The maximum atomic E-state index is 12.2. The molecule has 2 rings (SSSR count). The average molecular weight is 290 g/mol. The second-order valence-electron chi connectivity index (χ2n) is 5.49. The highest BCUT2D eigenvalue weighted by atomic mass is 35.5. The summed E-state index contributed by atoms with van der Waals surface area (Å²) in [6.45, 7) is 4.16. The third kappa shape index (κ3) is 4.66. The molecule has 2 fully saturated rings. The largest absolute Gasteiger partial charge is 0.354 e. The summed E-state index contributed by atoms with van der Waals surface area (Å²) < 4.78 is 0. The number of halogens is 1. The number of hydrogen-bond acceptors (Lipinski definition) is 3. The lowest BCUT2D eigenvalue weighted by molar-refractivity contribution is -0.129. The molecule has 0 bridgehead atoms. The molecule has 5 nitrogen and oxygen atoms in total. The van der Waals surface area contributed by atoms with Crippen molar-refractivity contribution < 1.29 is 9.59 Å². The van der Waals surface area contributed by atoms with Crippen LogP contribution in [0.3, 0.4) is 0 Å². The van der Waals surface area contributed by atoms with Crippen LogP contribution >= 0.6 is 12.4 Å². The number of nitrogens with one attached hydrogen (secondary N) is 3. The van der Waals surface area contributed by atoms with Crippen LogP contribution in [0.1, 0.15) is 32.6 Å². The van der Waals surface area contributed by atoms with Crippen LogP contribution in [0, 0.1) is 11.8 Å². The lowest BCUT2D eigenvalue weighted by atomic mass is 9.96. The fraction of sp³-hybridized carbons (Fsp3) is 0.846. The van der Waals surface area contributed by atoms with Crippen molar-refractivity contribution >= 4 is 24.2 Å². The highest BCUT2D eigenvalue weighted by Crippen LogP contribution is 2.27. The molecule has 1 saturated heterocycles. The van der Waals surface area contributed by atoms with Gasteiger partial charge in [-0.05, 0) is 18.8 Å². The molecule has 1 atom stereocenters. The van der Waals surface area contributed by atoms with Crippen LogP contribution in [0.15, 0.2) is 0 Å². The highest BCUT2D eigenvalue weighted by molar-refractivity contribution is 5.87. The zero-order valence-electron chi connectivity index (χ0n) is 11.4. The molecule has 0 aromatic heterocycles. The molecular formula is C13H24ClN3O2. The number of rotatable bonds is 5. The Morgan fingerprint density at radius 1 is 1.26 bits per heavy atom. The van der Waals surface area contributed by atoms with Gasteiger partial charge in [-0.25, -0.2) is 0 Å². The summed E-state index contributed by atoms with van der Waals surface area (Å²) in [5.74, 6) is 0.736. The van der Waals surface area contributed by atoms with Crippen LogP contribution < -0.4 is 16.0 Å². The van der Waals surface area contributed by atoms with Crippen LogP contribution in [0.25, 0.3) is 0 Å². The van der Waals surface area contributed by atoms with Crippen LogP contribution in [0.5, 0.6) is 0 Å². The van der Waals surface area contributed by atoms with E-state index in [0.717, 1.165) is 25.9 Å². The van der Waals surface area contributed by atoms with Crippen molar-refractivity contribution in [2.24, 2.45) is 11.8 Å². The molecule has 0 aromatic rings. The Morgan fingerprint density at radius 2 is 1.89 bits per heavy atom. The van der Waals surface area contributed by atoms with Crippen molar-refractivity contribution in [3.05, 3.63) is 0 Å². The van der Waals surface area contributed by atoms with Crippen LogP contribution in [-0.2, 0) is 9.59 Å². The van der Waals surface area contributed by atoms with E-state index in [2.05, 4.69) is 16.0 Å². The van der Waals surface area contributed by atoms with E-state index >= 15 is 0 Å². The molecule has 110 valence electrons. The Morgan fingerprint density at radius 3 is 2.37 bits per heavy atom. The van der Waals surface area contributed by atoms with Crippen LogP contribution in [0.4, 0.5) is 0 Å². The van der Waals surface area contributed by atoms with Gasteiger partial charge in [0, 0.05) is 32.5 Å². The fourth-order valence-corrected chi connectivity index (χ4v) is 2.75. The van der Waals surface area contributed by atoms with Crippen molar-refractivity contribution in [3.8, 4) is 0 Å². The Kier molecular flexibility index (Phi) is 6.58. The molecule has 0 spiro atoms. The molecule has 3 N–H and O–H groups in total. The number of amides is 2. The topological polar surface area (TPSA) is 70.2 Å². The van der Waals surface area contributed by atoms with Gasteiger partial charge < -0.3 is 16.0 Å². The summed E-state index contributed by atoms with van der Waals surface area (Å²) in [5, 5.41) is 8.97. The number of carbonyl (C=O) groups excluding carboxylic acids is 2. The zero-order valence-corrected chi connectivity index (χ0v) is 12.2. The van der Waals surface area contributed by atoms with Gasteiger partial charge in [0.05, 0.1) is 0 Å². The first-order valence-corrected chi connectivity index (χ1v) is 6.92. The van der Waals surface area contributed by atoms with Gasteiger partial charge in [0.15, 0.2) is 0 Å². The lowest BCUT2D eigenvalue weighted by Crippen LogP contribution is -2.54. The average Bonchev–Trinajstić information content (AvgIpc) is 2.76. The minimum Gasteiger partial charge on any atom is -0.354 e. The maximum absolute atomic E-state index is 12.2. The number of carbonyl (C=O) groups is 2. The second-order valence-corrected chi connectivity index (χ2v) is 5.49. The first-order valence-electron chi connectivity index (χ1n) is 6.92. The third-order valence-corrected chi connectivity index (χ3v) is 3.94. The third-order valence-electron chi connectivity index (χ3n) is 3.94. The quantitative estimate of drug-likeness (QED) is 0.688. The minimum absolute atomic E-state index is 0. The van der Waals surface area contributed by atoms with E-state index in [-0.39, 0.29) is 30.3 Å². The van der Waals surface area contributed by atoms with Crippen LogP contribution in [0.2, 0.25) is 0 Å². The molecule has 0 radical (unpaired) electrons.